The fourth-order valence-corrected chi connectivity index (χ4v) is 2.55. The molecule has 0 radical (unpaired) electrons. The third-order valence-corrected chi connectivity index (χ3v) is 3.50. The number of pyridine rings is 1. The molecule has 1 unspecified atom stereocenters. The summed E-state index contributed by atoms with van der Waals surface area (Å²) < 4.78 is 2.27. The van der Waals surface area contributed by atoms with Crippen LogP contribution in [0.15, 0.2) is 36.7 Å². The molecule has 2 heterocycles. The Morgan fingerprint density at radius 2 is 2.35 bits per heavy atom. The molecule has 0 aliphatic carbocycles. The molecule has 2 nitrogen and oxygen atoms in total. The number of allylic oxidation sites excluding steroid dienone is 2. The van der Waals surface area contributed by atoms with E-state index < -0.39 is 0 Å². The minimum atomic E-state index is 0.623. The lowest BCUT2D eigenvalue weighted by atomic mass is 10.1. The van der Waals surface area contributed by atoms with Crippen LogP contribution in [0.3, 0.4) is 0 Å². The molecule has 0 spiro atoms. The fourth-order valence-electron chi connectivity index (χ4n) is 2.55. The van der Waals surface area contributed by atoms with Gasteiger partial charge in [0, 0.05) is 17.7 Å². The first-order valence-corrected chi connectivity index (χ1v) is 6.65. The van der Waals surface area contributed by atoms with Gasteiger partial charge in [0.2, 0.25) is 0 Å². The van der Waals surface area contributed by atoms with E-state index in [0.29, 0.717) is 6.04 Å². The van der Waals surface area contributed by atoms with Crippen LogP contribution in [0.25, 0.3) is 0 Å². The molecular formula is C15H23N2+. The monoisotopic (exact) mass is 231 g/mol. The maximum Gasteiger partial charge on any atom is 0.173 e. The van der Waals surface area contributed by atoms with Crippen LogP contribution in [0.2, 0.25) is 0 Å². The molecular weight excluding hydrogens is 208 g/mol. The SMILES string of the molecule is CC/C=C/C[n+]1cccc(C2CCCN2C)c1. The van der Waals surface area contributed by atoms with Crippen molar-refractivity contribution in [1.29, 1.82) is 0 Å². The summed E-state index contributed by atoms with van der Waals surface area (Å²) in [5.74, 6) is 0. The Bertz CT molecular complexity index is 384. The summed E-state index contributed by atoms with van der Waals surface area (Å²) in [7, 11) is 2.23. The van der Waals surface area contributed by atoms with E-state index in [4.69, 9.17) is 0 Å². The molecule has 2 rings (SSSR count). The van der Waals surface area contributed by atoms with Gasteiger partial charge in [-0.05, 0) is 45.0 Å². The van der Waals surface area contributed by atoms with Crippen molar-refractivity contribution in [2.75, 3.05) is 13.6 Å². The molecule has 2 heteroatoms. The molecule has 92 valence electrons. The average Bonchev–Trinajstić information content (AvgIpc) is 2.76. The highest BCUT2D eigenvalue weighted by Gasteiger charge is 2.24. The summed E-state index contributed by atoms with van der Waals surface area (Å²) in [5.41, 5.74) is 1.46. The van der Waals surface area contributed by atoms with Crippen molar-refractivity contribution in [2.24, 2.45) is 0 Å². The molecule has 1 aromatic heterocycles. The molecule has 1 atom stereocenters. The minimum absolute atomic E-state index is 0.623. The third-order valence-electron chi connectivity index (χ3n) is 3.50. The molecule has 1 aliphatic rings. The molecule has 1 aliphatic heterocycles. The largest absolute Gasteiger partial charge is 0.299 e. The lowest BCUT2D eigenvalue weighted by molar-refractivity contribution is -0.687. The summed E-state index contributed by atoms with van der Waals surface area (Å²) in [4.78, 5) is 2.46. The Labute approximate surface area is 105 Å². The predicted octanol–water partition coefficient (Wildman–Crippen LogP) is 2.71. The Balaban J connectivity index is 2.08. The normalized spacial score (nSPS) is 21.4. The van der Waals surface area contributed by atoms with E-state index >= 15 is 0 Å². The van der Waals surface area contributed by atoms with E-state index in [9.17, 15) is 0 Å². The highest BCUT2D eigenvalue weighted by Crippen LogP contribution is 2.29. The van der Waals surface area contributed by atoms with Gasteiger partial charge in [-0.1, -0.05) is 13.0 Å². The number of nitrogens with zero attached hydrogens (tertiary/aromatic N) is 2. The zero-order valence-corrected chi connectivity index (χ0v) is 11.0. The molecule has 1 aromatic rings. The van der Waals surface area contributed by atoms with Crippen molar-refractivity contribution in [2.45, 2.75) is 38.8 Å². The Morgan fingerprint density at radius 1 is 1.47 bits per heavy atom. The standard InChI is InChI=1S/C15H23N2/c1-3-4-5-11-17-12-6-8-14(13-17)15-9-7-10-16(15)2/h4-6,8,12-13,15H,3,7,9-11H2,1-2H3/q+1/b5-4+. The molecule has 1 fully saturated rings. The van der Waals surface area contributed by atoms with Gasteiger partial charge >= 0.3 is 0 Å². The van der Waals surface area contributed by atoms with E-state index in [0.717, 1.165) is 13.0 Å². The van der Waals surface area contributed by atoms with Gasteiger partial charge in [0.25, 0.3) is 0 Å². The van der Waals surface area contributed by atoms with Crippen LogP contribution < -0.4 is 4.57 Å². The number of likely N-dealkylation sites (tertiary alicyclic amines) is 1. The zero-order chi connectivity index (χ0) is 12.1. The van der Waals surface area contributed by atoms with Gasteiger partial charge in [0.1, 0.15) is 0 Å². The van der Waals surface area contributed by atoms with Crippen molar-refractivity contribution in [1.82, 2.24) is 4.90 Å². The van der Waals surface area contributed by atoms with Crippen molar-refractivity contribution >= 4 is 0 Å². The number of hydrogen-bond donors (Lipinski definition) is 0. The van der Waals surface area contributed by atoms with Gasteiger partial charge in [-0.25, -0.2) is 4.57 Å². The maximum absolute atomic E-state index is 2.46. The van der Waals surface area contributed by atoms with Crippen LogP contribution in [-0.2, 0) is 6.54 Å². The van der Waals surface area contributed by atoms with Crippen LogP contribution in [0.5, 0.6) is 0 Å². The van der Waals surface area contributed by atoms with E-state index in [-0.39, 0.29) is 0 Å². The number of hydrogen-bond acceptors (Lipinski definition) is 1. The van der Waals surface area contributed by atoms with E-state index in [1.54, 1.807) is 0 Å². The van der Waals surface area contributed by atoms with Gasteiger partial charge in [0.05, 0.1) is 0 Å². The third kappa shape index (κ3) is 3.16. The van der Waals surface area contributed by atoms with Crippen molar-refractivity contribution < 1.29 is 4.57 Å². The van der Waals surface area contributed by atoms with Crippen molar-refractivity contribution in [3.05, 3.63) is 42.2 Å². The Morgan fingerprint density at radius 3 is 3.06 bits per heavy atom. The van der Waals surface area contributed by atoms with Gasteiger partial charge in [-0.15, -0.1) is 0 Å². The summed E-state index contributed by atoms with van der Waals surface area (Å²) in [6.07, 6.45) is 12.6. The molecule has 0 amide bonds. The Kier molecular flexibility index (Phi) is 4.32. The van der Waals surface area contributed by atoms with E-state index in [1.165, 1.54) is 24.9 Å². The average molecular weight is 231 g/mol. The zero-order valence-electron chi connectivity index (χ0n) is 11.0. The number of aromatic nitrogens is 1. The van der Waals surface area contributed by atoms with Crippen molar-refractivity contribution in [3.63, 3.8) is 0 Å². The fraction of sp³-hybridized carbons (Fsp3) is 0.533. The second kappa shape index (κ2) is 5.97. The summed E-state index contributed by atoms with van der Waals surface area (Å²) in [6, 6.07) is 5.05. The van der Waals surface area contributed by atoms with E-state index in [2.05, 4.69) is 60.1 Å². The van der Waals surface area contributed by atoms with Gasteiger partial charge in [-0.3, -0.25) is 4.90 Å². The second-order valence-corrected chi connectivity index (χ2v) is 4.85. The van der Waals surface area contributed by atoms with Gasteiger partial charge in [0.15, 0.2) is 18.9 Å². The summed E-state index contributed by atoms with van der Waals surface area (Å²) in [5, 5.41) is 0. The van der Waals surface area contributed by atoms with Crippen LogP contribution in [0.4, 0.5) is 0 Å². The van der Waals surface area contributed by atoms with Crippen LogP contribution >= 0.6 is 0 Å². The molecule has 0 saturated carbocycles. The quantitative estimate of drug-likeness (QED) is 0.571. The minimum Gasteiger partial charge on any atom is -0.299 e. The lowest BCUT2D eigenvalue weighted by Gasteiger charge is -2.18. The van der Waals surface area contributed by atoms with Crippen molar-refractivity contribution in [3.8, 4) is 0 Å². The first-order valence-electron chi connectivity index (χ1n) is 6.65. The molecule has 0 N–H and O–H groups in total. The van der Waals surface area contributed by atoms with Crippen LogP contribution in [-0.4, -0.2) is 18.5 Å². The highest BCUT2D eigenvalue weighted by molar-refractivity contribution is 5.12. The first kappa shape index (κ1) is 12.3. The van der Waals surface area contributed by atoms with Gasteiger partial charge < -0.3 is 0 Å². The number of rotatable bonds is 4. The highest BCUT2D eigenvalue weighted by atomic mass is 15.1. The topological polar surface area (TPSA) is 7.12 Å². The predicted molar refractivity (Wildman–Crippen MR) is 70.7 cm³/mol. The molecule has 0 bridgehead atoms. The Hall–Kier alpha value is -1.15. The molecule has 0 aromatic carbocycles. The maximum atomic E-state index is 2.46. The lowest BCUT2D eigenvalue weighted by Crippen LogP contribution is -2.33. The molecule has 17 heavy (non-hydrogen) atoms. The first-order chi connectivity index (χ1) is 8.31. The molecule has 1 saturated heterocycles. The van der Waals surface area contributed by atoms with Crippen LogP contribution in [0.1, 0.15) is 37.8 Å². The summed E-state index contributed by atoms with van der Waals surface area (Å²) >= 11 is 0. The second-order valence-electron chi connectivity index (χ2n) is 4.85. The van der Waals surface area contributed by atoms with E-state index in [1.807, 2.05) is 0 Å². The van der Waals surface area contributed by atoms with Crippen LogP contribution in [0, 0.1) is 0 Å². The smallest absolute Gasteiger partial charge is 0.173 e. The summed E-state index contributed by atoms with van der Waals surface area (Å²) in [6.45, 7) is 4.39. The van der Waals surface area contributed by atoms with Gasteiger partial charge in [-0.2, -0.15) is 0 Å².